The average molecular weight is 171 g/mol. The van der Waals surface area contributed by atoms with Crippen LogP contribution in [0.1, 0.15) is 26.7 Å². The molecule has 0 rings (SSSR count). The van der Waals surface area contributed by atoms with E-state index >= 15 is 0 Å². The van der Waals surface area contributed by atoms with Crippen molar-refractivity contribution in [2.75, 3.05) is 14.1 Å². The summed E-state index contributed by atoms with van der Waals surface area (Å²) in [5, 5.41) is 1.39. The van der Waals surface area contributed by atoms with Crippen LogP contribution >= 0.6 is 0 Å². The van der Waals surface area contributed by atoms with Gasteiger partial charge in [0.2, 0.25) is 0 Å². The molecular formula is C9H17NO2. The Balaban J connectivity index is 3.92. The minimum absolute atomic E-state index is 0.270. The lowest BCUT2D eigenvalue weighted by molar-refractivity contribution is -0.172. The highest BCUT2D eigenvalue weighted by atomic mass is 16.7. The molecular weight excluding hydrogens is 154 g/mol. The highest BCUT2D eigenvalue weighted by Gasteiger charge is 2.05. The predicted octanol–water partition coefficient (Wildman–Crippen LogP) is 1.75. The van der Waals surface area contributed by atoms with Crippen molar-refractivity contribution in [3.8, 4) is 0 Å². The fraction of sp³-hybridized carbons (Fsp3) is 0.667. The van der Waals surface area contributed by atoms with Crippen LogP contribution in [0.2, 0.25) is 0 Å². The highest BCUT2D eigenvalue weighted by molar-refractivity contribution is 5.87. The molecule has 0 spiro atoms. The topological polar surface area (TPSA) is 29.5 Å². The van der Waals surface area contributed by atoms with Gasteiger partial charge in [-0.05, 0) is 13.3 Å². The molecule has 0 unspecified atom stereocenters. The number of nitrogens with zero attached hydrogens (tertiary/aromatic N) is 1. The summed E-state index contributed by atoms with van der Waals surface area (Å²) in [6.07, 6.45) is 3.87. The Bertz CT molecular complexity index is 173. The molecule has 0 aliphatic carbocycles. The monoisotopic (exact) mass is 171 g/mol. The molecule has 0 N–H and O–H groups in total. The number of hydrogen-bond acceptors (Lipinski definition) is 3. The summed E-state index contributed by atoms with van der Waals surface area (Å²) in [7, 11) is 3.37. The van der Waals surface area contributed by atoms with Crippen LogP contribution in [0.3, 0.4) is 0 Å². The SMILES string of the molecule is CCCC=C(C)C(=O)ON(C)C. The number of rotatable bonds is 4. The number of carbonyl (C=O) groups is 1. The molecule has 3 nitrogen and oxygen atoms in total. The van der Waals surface area contributed by atoms with Gasteiger partial charge >= 0.3 is 5.97 Å². The molecule has 0 radical (unpaired) electrons. The summed E-state index contributed by atoms with van der Waals surface area (Å²) < 4.78 is 0. The Morgan fingerprint density at radius 1 is 1.50 bits per heavy atom. The van der Waals surface area contributed by atoms with Gasteiger partial charge in [-0.2, -0.15) is 0 Å². The fourth-order valence-corrected chi connectivity index (χ4v) is 0.682. The third-order valence-electron chi connectivity index (χ3n) is 1.33. The maximum Gasteiger partial charge on any atom is 0.352 e. The van der Waals surface area contributed by atoms with Crippen molar-refractivity contribution in [1.29, 1.82) is 0 Å². The summed E-state index contributed by atoms with van der Waals surface area (Å²) in [5.74, 6) is -0.270. The maximum absolute atomic E-state index is 11.1. The van der Waals surface area contributed by atoms with E-state index in [2.05, 4.69) is 6.92 Å². The van der Waals surface area contributed by atoms with Gasteiger partial charge in [-0.3, -0.25) is 0 Å². The van der Waals surface area contributed by atoms with Gasteiger partial charge in [-0.25, -0.2) is 4.79 Å². The van der Waals surface area contributed by atoms with Crippen LogP contribution in [-0.2, 0) is 9.63 Å². The Morgan fingerprint density at radius 2 is 2.08 bits per heavy atom. The Morgan fingerprint density at radius 3 is 2.50 bits per heavy atom. The van der Waals surface area contributed by atoms with Crippen LogP contribution in [-0.4, -0.2) is 25.1 Å². The summed E-state index contributed by atoms with van der Waals surface area (Å²) in [6, 6.07) is 0. The number of allylic oxidation sites excluding steroid dienone is 1. The van der Waals surface area contributed by atoms with E-state index < -0.39 is 0 Å². The van der Waals surface area contributed by atoms with Crippen molar-refractivity contribution in [3.05, 3.63) is 11.6 Å². The normalized spacial score (nSPS) is 11.9. The first-order valence-corrected chi connectivity index (χ1v) is 4.14. The molecule has 0 aromatic carbocycles. The largest absolute Gasteiger partial charge is 0.365 e. The van der Waals surface area contributed by atoms with E-state index in [1.807, 2.05) is 6.08 Å². The first-order chi connectivity index (χ1) is 5.57. The maximum atomic E-state index is 11.1. The zero-order chi connectivity index (χ0) is 9.56. The van der Waals surface area contributed by atoms with Crippen molar-refractivity contribution in [2.45, 2.75) is 26.7 Å². The van der Waals surface area contributed by atoms with E-state index in [9.17, 15) is 4.79 Å². The van der Waals surface area contributed by atoms with E-state index in [0.717, 1.165) is 12.8 Å². The molecule has 0 aromatic rings. The fourth-order valence-electron chi connectivity index (χ4n) is 0.682. The van der Waals surface area contributed by atoms with Gasteiger partial charge in [0.25, 0.3) is 0 Å². The van der Waals surface area contributed by atoms with Crippen LogP contribution in [0.25, 0.3) is 0 Å². The number of hydrogen-bond donors (Lipinski definition) is 0. The lowest BCUT2D eigenvalue weighted by Gasteiger charge is -2.09. The van der Waals surface area contributed by atoms with E-state index in [-0.39, 0.29) is 5.97 Å². The van der Waals surface area contributed by atoms with Crippen LogP contribution in [0.4, 0.5) is 0 Å². The highest BCUT2D eigenvalue weighted by Crippen LogP contribution is 2.00. The van der Waals surface area contributed by atoms with E-state index in [0.29, 0.717) is 5.57 Å². The zero-order valence-corrected chi connectivity index (χ0v) is 8.26. The summed E-state index contributed by atoms with van der Waals surface area (Å²) in [5.41, 5.74) is 0.672. The summed E-state index contributed by atoms with van der Waals surface area (Å²) in [6.45, 7) is 3.84. The second kappa shape index (κ2) is 5.77. The summed E-state index contributed by atoms with van der Waals surface area (Å²) in [4.78, 5) is 16.0. The van der Waals surface area contributed by atoms with Crippen LogP contribution < -0.4 is 0 Å². The predicted molar refractivity (Wildman–Crippen MR) is 48.4 cm³/mol. The van der Waals surface area contributed by atoms with E-state index in [1.54, 1.807) is 21.0 Å². The molecule has 0 fully saturated rings. The Labute approximate surface area is 74.0 Å². The van der Waals surface area contributed by atoms with Gasteiger partial charge in [0, 0.05) is 19.7 Å². The standard InChI is InChI=1S/C9H17NO2/c1-5-6-7-8(2)9(11)12-10(3)4/h7H,5-6H2,1-4H3. The van der Waals surface area contributed by atoms with Gasteiger partial charge in [0.05, 0.1) is 0 Å². The molecule has 0 amide bonds. The molecule has 0 saturated carbocycles. The smallest absolute Gasteiger partial charge is 0.352 e. The molecule has 12 heavy (non-hydrogen) atoms. The van der Waals surface area contributed by atoms with Crippen LogP contribution in [0.15, 0.2) is 11.6 Å². The Kier molecular flexibility index (Phi) is 5.37. The second-order valence-electron chi connectivity index (χ2n) is 2.87. The molecule has 70 valence electrons. The zero-order valence-electron chi connectivity index (χ0n) is 8.26. The van der Waals surface area contributed by atoms with E-state index in [1.165, 1.54) is 5.06 Å². The molecule has 0 bridgehead atoms. The average Bonchev–Trinajstić information content (AvgIpc) is 1.98. The molecule has 0 heterocycles. The molecule has 0 aliphatic heterocycles. The summed E-state index contributed by atoms with van der Waals surface area (Å²) >= 11 is 0. The van der Waals surface area contributed by atoms with Gasteiger partial charge in [0.1, 0.15) is 0 Å². The quantitative estimate of drug-likeness (QED) is 0.476. The molecule has 0 saturated heterocycles. The molecule has 0 aromatic heterocycles. The number of carbonyl (C=O) groups excluding carboxylic acids is 1. The Hall–Kier alpha value is -0.830. The van der Waals surface area contributed by atoms with Crippen molar-refractivity contribution < 1.29 is 9.63 Å². The van der Waals surface area contributed by atoms with Crippen molar-refractivity contribution in [3.63, 3.8) is 0 Å². The van der Waals surface area contributed by atoms with Gasteiger partial charge in [-0.15, -0.1) is 5.06 Å². The number of hydroxylamine groups is 2. The first-order valence-electron chi connectivity index (χ1n) is 4.14. The molecule has 0 atom stereocenters. The minimum Gasteiger partial charge on any atom is -0.365 e. The van der Waals surface area contributed by atoms with Gasteiger partial charge in [-0.1, -0.05) is 19.4 Å². The third kappa shape index (κ3) is 4.91. The molecule has 3 heteroatoms. The van der Waals surface area contributed by atoms with E-state index in [4.69, 9.17) is 4.84 Å². The van der Waals surface area contributed by atoms with Crippen molar-refractivity contribution in [1.82, 2.24) is 5.06 Å². The third-order valence-corrected chi connectivity index (χ3v) is 1.33. The van der Waals surface area contributed by atoms with Gasteiger partial charge in [0.15, 0.2) is 0 Å². The molecule has 0 aliphatic rings. The van der Waals surface area contributed by atoms with Crippen LogP contribution in [0, 0.1) is 0 Å². The van der Waals surface area contributed by atoms with Gasteiger partial charge < -0.3 is 4.84 Å². The number of unbranched alkanes of at least 4 members (excludes halogenated alkanes) is 1. The lowest BCUT2D eigenvalue weighted by atomic mass is 10.2. The second-order valence-corrected chi connectivity index (χ2v) is 2.87. The minimum atomic E-state index is -0.270. The van der Waals surface area contributed by atoms with Crippen molar-refractivity contribution >= 4 is 5.97 Å². The van der Waals surface area contributed by atoms with Crippen LogP contribution in [0.5, 0.6) is 0 Å². The first kappa shape index (κ1) is 11.2. The lowest BCUT2D eigenvalue weighted by Crippen LogP contribution is -2.18. The van der Waals surface area contributed by atoms with Crippen molar-refractivity contribution in [2.24, 2.45) is 0 Å².